The Kier molecular flexibility index (Phi) is 3.36. The minimum Gasteiger partial charge on any atom is -0.289 e. The van der Waals surface area contributed by atoms with Crippen molar-refractivity contribution in [1.82, 2.24) is 9.38 Å². The molecule has 0 saturated carbocycles. The minimum absolute atomic E-state index is 0.538. The number of rotatable bonds is 1. The molecule has 3 rings (SSSR count). The quantitative estimate of drug-likeness (QED) is 0.647. The first-order valence-corrected chi connectivity index (χ1v) is 7.12. The highest BCUT2D eigenvalue weighted by Crippen LogP contribution is 2.34. The highest BCUT2D eigenvalue weighted by molar-refractivity contribution is 6.36. The smallest absolute Gasteiger partial charge is 0.146 e. The molecular formula is C16H11Cl2N3. The lowest BCUT2D eigenvalue weighted by Crippen LogP contribution is -1.98. The van der Waals surface area contributed by atoms with Gasteiger partial charge < -0.3 is 0 Å². The Balaban J connectivity index is 2.41. The van der Waals surface area contributed by atoms with Gasteiger partial charge in [0.25, 0.3) is 0 Å². The Morgan fingerprint density at radius 3 is 2.52 bits per heavy atom. The number of nitriles is 1. The first kappa shape index (κ1) is 13.9. The number of fused-ring (bicyclic) bond motifs is 1. The predicted molar refractivity (Wildman–Crippen MR) is 84.8 cm³/mol. The van der Waals surface area contributed by atoms with Crippen molar-refractivity contribution in [3.63, 3.8) is 0 Å². The Hall–Kier alpha value is -2.02. The SMILES string of the molecule is Cc1cc(C)n2c(C#N)cc(-c3ccc(Cl)cc3Cl)c2n1. The van der Waals surface area contributed by atoms with E-state index in [9.17, 15) is 5.26 Å². The first-order chi connectivity index (χ1) is 10.0. The van der Waals surface area contributed by atoms with Crippen LogP contribution in [0, 0.1) is 25.2 Å². The second-order valence-corrected chi connectivity index (χ2v) is 5.72. The van der Waals surface area contributed by atoms with Crippen molar-refractivity contribution in [1.29, 1.82) is 5.26 Å². The standard InChI is InChI=1S/C16H11Cl2N3/c1-9-5-10(2)21-12(8-19)7-14(16(21)20-9)13-4-3-11(17)6-15(13)18/h3-7H,1-2H3. The van der Waals surface area contributed by atoms with Gasteiger partial charge in [-0.1, -0.05) is 29.3 Å². The average molecular weight is 316 g/mol. The van der Waals surface area contributed by atoms with Gasteiger partial charge in [0.15, 0.2) is 0 Å². The fourth-order valence-corrected chi connectivity index (χ4v) is 3.03. The molecule has 0 atom stereocenters. The van der Waals surface area contributed by atoms with Crippen LogP contribution < -0.4 is 0 Å². The van der Waals surface area contributed by atoms with Crippen LogP contribution in [0.25, 0.3) is 16.8 Å². The molecule has 21 heavy (non-hydrogen) atoms. The molecule has 0 unspecified atom stereocenters. The predicted octanol–water partition coefficient (Wildman–Crippen LogP) is 4.80. The summed E-state index contributed by atoms with van der Waals surface area (Å²) in [5.74, 6) is 0. The zero-order chi connectivity index (χ0) is 15.1. The van der Waals surface area contributed by atoms with Crippen LogP contribution >= 0.6 is 23.2 Å². The molecule has 2 aromatic heterocycles. The van der Waals surface area contributed by atoms with E-state index in [2.05, 4.69) is 11.1 Å². The van der Waals surface area contributed by atoms with E-state index in [0.29, 0.717) is 15.7 Å². The maximum atomic E-state index is 9.35. The molecule has 0 saturated heterocycles. The number of hydrogen-bond acceptors (Lipinski definition) is 2. The molecule has 0 spiro atoms. The summed E-state index contributed by atoms with van der Waals surface area (Å²) >= 11 is 12.2. The molecule has 104 valence electrons. The summed E-state index contributed by atoms with van der Waals surface area (Å²) in [6, 6.07) is 11.3. The molecular weight excluding hydrogens is 305 g/mol. The van der Waals surface area contributed by atoms with E-state index in [1.54, 1.807) is 12.1 Å². The second-order valence-electron chi connectivity index (χ2n) is 4.88. The number of nitrogens with zero attached hydrogens (tertiary/aromatic N) is 3. The molecule has 0 fully saturated rings. The normalized spacial score (nSPS) is 10.8. The topological polar surface area (TPSA) is 41.1 Å². The van der Waals surface area contributed by atoms with Gasteiger partial charge in [-0.2, -0.15) is 5.26 Å². The van der Waals surface area contributed by atoms with Crippen molar-refractivity contribution in [3.8, 4) is 17.2 Å². The van der Waals surface area contributed by atoms with E-state index in [1.807, 2.05) is 36.4 Å². The zero-order valence-corrected chi connectivity index (χ0v) is 13.0. The highest BCUT2D eigenvalue weighted by Gasteiger charge is 2.16. The fourth-order valence-electron chi connectivity index (χ4n) is 2.52. The molecule has 0 aliphatic heterocycles. The minimum atomic E-state index is 0.538. The molecule has 1 aromatic carbocycles. The van der Waals surface area contributed by atoms with Gasteiger partial charge in [0, 0.05) is 27.5 Å². The molecule has 2 heterocycles. The van der Waals surface area contributed by atoms with Crippen molar-refractivity contribution in [2.24, 2.45) is 0 Å². The Morgan fingerprint density at radius 1 is 1.10 bits per heavy atom. The summed E-state index contributed by atoms with van der Waals surface area (Å²) < 4.78 is 1.84. The van der Waals surface area contributed by atoms with Crippen LogP contribution in [0.4, 0.5) is 0 Å². The van der Waals surface area contributed by atoms with Crippen molar-refractivity contribution < 1.29 is 0 Å². The van der Waals surface area contributed by atoms with Crippen LogP contribution in [-0.2, 0) is 0 Å². The van der Waals surface area contributed by atoms with E-state index in [4.69, 9.17) is 23.2 Å². The van der Waals surface area contributed by atoms with Crippen LogP contribution in [0.3, 0.4) is 0 Å². The maximum Gasteiger partial charge on any atom is 0.146 e. The number of aryl methyl sites for hydroxylation is 2. The van der Waals surface area contributed by atoms with Crippen molar-refractivity contribution in [2.45, 2.75) is 13.8 Å². The van der Waals surface area contributed by atoms with Gasteiger partial charge in [0.05, 0.1) is 5.02 Å². The van der Waals surface area contributed by atoms with Gasteiger partial charge in [-0.15, -0.1) is 0 Å². The van der Waals surface area contributed by atoms with Gasteiger partial charge in [0.1, 0.15) is 17.4 Å². The van der Waals surface area contributed by atoms with Gasteiger partial charge in [-0.05, 0) is 38.1 Å². The monoisotopic (exact) mass is 315 g/mol. The van der Waals surface area contributed by atoms with E-state index in [0.717, 1.165) is 28.2 Å². The zero-order valence-electron chi connectivity index (χ0n) is 11.5. The number of halogens is 2. The van der Waals surface area contributed by atoms with E-state index >= 15 is 0 Å². The summed E-state index contributed by atoms with van der Waals surface area (Å²) in [7, 11) is 0. The highest BCUT2D eigenvalue weighted by atomic mass is 35.5. The Bertz CT molecular complexity index is 904. The van der Waals surface area contributed by atoms with Gasteiger partial charge in [-0.3, -0.25) is 4.40 Å². The van der Waals surface area contributed by atoms with Crippen LogP contribution in [0.5, 0.6) is 0 Å². The summed E-state index contributed by atoms with van der Waals surface area (Å²) in [5.41, 5.74) is 4.78. The lowest BCUT2D eigenvalue weighted by atomic mass is 10.1. The molecule has 0 radical (unpaired) electrons. The van der Waals surface area contributed by atoms with Crippen molar-refractivity contribution in [2.75, 3.05) is 0 Å². The third-order valence-corrected chi connectivity index (χ3v) is 3.91. The summed E-state index contributed by atoms with van der Waals surface area (Å²) in [6.07, 6.45) is 0. The summed E-state index contributed by atoms with van der Waals surface area (Å²) in [5, 5.41) is 10.5. The molecule has 5 heteroatoms. The van der Waals surface area contributed by atoms with Gasteiger partial charge in [-0.25, -0.2) is 4.98 Å². The van der Waals surface area contributed by atoms with E-state index in [-0.39, 0.29) is 0 Å². The van der Waals surface area contributed by atoms with E-state index in [1.165, 1.54) is 0 Å². The van der Waals surface area contributed by atoms with Crippen molar-refractivity contribution >= 4 is 28.8 Å². The molecule has 0 amide bonds. The average Bonchev–Trinajstić information content (AvgIpc) is 2.77. The van der Waals surface area contributed by atoms with Gasteiger partial charge in [0.2, 0.25) is 0 Å². The van der Waals surface area contributed by atoms with E-state index < -0.39 is 0 Å². The Morgan fingerprint density at radius 2 is 1.86 bits per heavy atom. The van der Waals surface area contributed by atoms with Crippen molar-refractivity contribution in [3.05, 3.63) is 57.5 Å². The third-order valence-electron chi connectivity index (χ3n) is 3.36. The lowest BCUT2D eigenvalue weighted by molar-refractivity contribution is 1.01. The Labute approximate surface area is 132 Å². The number of benzene rings is 1. The maximum absolute atomic E-state index is 9.35. The van der Waals surface area contributed by atoms with Crippen LogP contribution in [-0.4, -0.2) is 9.38 Å². The van der Waals surface area contributed by atoms with Crippen LogP contribution in [0.15, 0.2) is 30.3 Å². The number of hydrogen-bond donors (Lipinski definition) is 0. The molecule has 0 N–H and O–H groups in total. The summed E-state index contributed by atoms with van der Waals surface area (Å²) in [4.78, 5) is 4.57. The molecule has 0 bridgehead atoms. The molecule has 3 aromatic rings. The van der Waals surface area contributed by atoms with Gasteiger partial charge >= 0.3 is 0 Å². The van der Waals surface area contributed by atoms with Crippen LogP contribution in [0.2, 0.25) is 10.0 Å². The first-order valence-electron chi connectivity index (χ1n) is 6.36. The van der Waals surface area contributed by atoms with Crippen LogP contribution in [0.1, 0.15) is 17.1 Å². The molecule has 0 aliphatic carbocycles. The molecule has 0 aliphatic rings. The fraction of sp³-hybridized carbons (Fsp3) is 0.125. The molecule has 3 nitrogen and oxygen atoms in total. The summed E-state index contributed by atoms with van der Waals surface area (Å²) in [6.45, 7) is 3.88. The second kappa shape index (κ2) is 5.07. The lowest BCUT2D eigenvalue weighted by Gasteiger charge is -2.06. The third kappa shape index (κ3) is 2.27. The largest absolute Gasteiger partial charge is 0.289 e. The number of aromatic nitrogens is 2.